The molecule has 0 atom stereocenters. The fraction of sp³-hybridized carbons (Fsp3) is 0.438. The Morgan fingerprint density at radius 1 is 1.43 bits per heavy atom. The Bertz CT molecular complexity index is 578. The number of nitrogen functional groups attached to an aromatic ring is 1. The lowest BCUT2D eigenvalue weighted by atomic mass is 10.0. The first-order chi connectivity index (χ1) is 10.0. The van der Waals surface area contributed by atoms with Gasteiger partial charge < -0.3 is 26.1 Å². The topological polar surface area (TPSA) is 74.4 Å². The van der Waals surface area contributed by atoms with Gasteiger partial charge in [-0.25, -0.2) is 0 Å². The third-order valence-electron chi connectivity index (χ3n) is 3.94. The van der Waals surface area contributed by atoms with Crippen molar-refractivity contribution in [3.63, 3.8) is 0 Å². The number of methoxy groups -OCH3 is 1. The molecule has 0 fully saturated rings. The van der Waals surface area contributed by atoms with Crippen LogP contribution in [0.3, 0.4) is 0 Å². The summed E-state index contributed by atoms with van der Waals surface area (Å²) in [6, 6.07) is 4.25. The minimum absolute atomic E-state index is 0.361. The fourth-order valence-corrected chi connectivity index (χ4v) is 2.83. The molecule has 1 heterocycles. The average molecular weight is 288 g/mol. The minimum Gasteiger partial charge on any atom is -0.495 e. The molecule has 1 aromatic carbocycles. The molecule has 1 aromatic rings. The zero-order valence-corrected chi connectivity index (χ0v) is 13.2. The second-order valence-electron chi connectivity index (χ2n) is 5.44. The van der Waals surface area contributed by atoms with E-state index in [1.807, 2.05) is 19.2 Å². The Morgan fingerprint density at radius 3 is 2.67 bits per heavy atom. The van der Waals surface area contributed by atoms with Crippen molar-refractivity contribution in [2.45, 2.75) is 26.3 Å². The number of hydrogen-bond acceptors (Lipinski definition) is 5. The normalized spacial score (nSPS) is 14.8. The van der Waals surface area contributed by atoms with E-state index in [9.17, 15) is 0 Å². The van der Waals surface area contributed by atoms with Crippen molar-refractivity contribution in [2.75, 3.05) is 31.3 Å². The van der Waals surface area contributed by atoms with E-state index in [0.29, 0.717) is 17.5 Å². The van der Waals surface area contributed by atoms with Crippen molar-refractivity contribution >= 4 is 23.2 Å². The maximum absolute atomic E-state index is 7.79. The SMILES string of the molecule is CNC1=C(C=N)c2cc(N)c(OC)cc2N(C(C)C)CC1. The van der Waals surface area contributed by atoms with Crippen LogP contribution in [0.2, 0.25) is 0 Å². The smallest absolute Gasteiger partial charge is 0.143 e. The highest BCUT2D eigenvalue weighted by Crippen LogP contribution is 2.39. The zero-order chi connectivity index (χ0) is 15.6. The second kappa shape index (κ2) is 6.08. The lowest BCUT2D eigenvalue weighted by molar-refractivity contribution is 0.417. The van der Waals surface area contributed by atoms with Crippen LogP contribution < -0.4 is 20.7 Å². The van der Waals surface area contributed by atoms with Crippen LogP contribution in [0.1, 0.15) is 25.8 Å². The van der Waals surface area contributed by atoms with Gasteiger partial charge in [-0.2, -0.15) is 0 Å². The Balaban J connectivity index is 2.72. The summed E-state index contributed by atoms with van der Waals surface area (Å²) >= 11 is 0. The van der Waals surface area contributed by atoms with Crippen molar-refractivity contribution in [3.8, 4) is 5.75 Å². The summed E-state index contributed by atoms with van der Waals surface area (Å²) in [7, 11) is 3.53. The van der Waals surface area contributed by atoms with Gasteiger partial charge in [-0.3, -0.25) is 0 Å². The number of nitrogens with one attached hydrogen (secondary N) is 2. The van der Waals surface area contributed by atoms with Crippen molar-refractivity contribution in [1.82, 2.24) is 5.32 Å². The average Bonchev–Trinajstić information content (AvgIpc) is 2.61. The van der Waals surface area contributed by atoms with E-state index >= 15 is 0 Å². The van der Waals surface area contributed by atoms with Crippen LogP contribution in [0.15, 0.2) is 17.8 Å². The molecule has 0 saturated carbocycles. The molecular weight excluding hydrogens is 264 g/mol. The third-order valence-corrected chi connectivity index (χ3v) is 3.94. The van der Waals surface area contributed by atoms with Crippen molar-refractivity contribution in [2.24, 2.45) is 0 Å². The van der Waals surface area contributed by atoms with Gasteiger partial charge in [0.1, 0.15) is 5.75 Å². The summed E-state index contributed by atoms with van der Waals surface area (Å²) in [5, 5.41) is 11.0. The number of ether oxygens (including phenoxy) is 1. The second-order valence-corrected chi connectivity index (χ2v) is 5.44. The molecule has 0 saturated heterocycles. The molecule has 21 heavy (non-hydrogen) atoms. The van der Waals surface area contributed by atoms with Crippen LogP contribution in [-0.4, -0.2) is 33.0 Å². The summed E-state index contributed by atoms with van der Waals surface area (Å²) in [5.74, 6) is 0.677. The summed E-state index contributed by atoms with van der Waals surface area (Å²) < 4.78 is 5.36. The molecule has 0 bridgehead atoms. The molecule has 0 radical (unpaired) electrons. The molecule has 4 N–H and O–H groups in total. The number of anilines is 2. The van der Waals surface area contributed by atoms with Crippen LogP contribution in [0.25, 0.3) is 5.57 Å². The number of rotatable bonds is 4. The van der Waals surface area contributed by atoms with Crippen molar-refractivity contribution in [3.05, 3.63) is 23.4 Å². The van der Waals surface area contributed by atoms with Crippen LogP contribution in [0.5, 0.6) is 5.75 Å². The Labute approximate surface area is 126 Å². The molecule has 0 spiro atoms. The molecular formula is C16H24N4O. The third kappa shape index (κ3) is 2.68. The summed E-state index contributed by atoms with van der Waals surface area (Å²) in [6.45, 7) is 5.23. The van der Waals surface area contributed by atoms with Crippen LogP contribution >= 0.6 is 0 Å². The number of hydrogen-bond donors (Lipinski definition) is 3. The molecule has 5 nitrogen and oxygen atoms in total. The van der Waals surface area contributed by atoms with Crippen LogP contribution in [-0.2, 0) is 0 Å². The van der Waals surface area contributed by atoms with E-state index < -0.39 is 0 Å². The summed E-state index contributed by atoms with van der Waals surface area (Å²) in [4.78, 5) is 2.32. The summed E-state index contributed by atoms with van der Waals surface area (Å²) in [6.07, 6.45) is 2.27. The maximum atomic E-state index is 7.79. The number of benzene rings is 1. The predicted molar refractivity (Wildman–Crippen MR) is 89.3 cm³/mol. The Hall–Kier alpha value is -2.17. The molecule has 0 aromatic heterocycles. The fourth-order valence-electron chi connectivity index (χ4n) is 2.83. The van der Waals surface area contributed by atoms with Crippen LogP contribution in [0.4, 0.5) is 11.4 Å². The van der Waals surface area contributed by atoms with Crippen molar-refractivity contribution in [1.29, 1.82) is 5.41 Å². The minimum atomic E-state index is 0.361. The lowest BCUT2D eigenvalue weighted by Crippen LogP contribution is -2.32. The highest BCUT2D eigenvalue weighted by molar-refractivity contribution is 6.12. The molecule has 2 rings (SSSR count). The van der Waals surface area contributed by atoms with Gasteiger partial charge in [0.25, 0.3) is 0 Å². The van der Waals surface area contributed by atoms with Gasteiger partial charge in [-0.1, -0.05) is 0 Å². The molecule has 0 aliphatic carbocycles. The molecule has 1 aliphatic rings. The molecule has 114 valence electrons. The highest BCUT2D eigenvalue weighted by Gasteiger charge is 2.24. The Morgan fingerprint density at radius 2 is 2.14 bits per heavy atom. The first kappa shape index (κ1) is 15.2. The monoisotopic (exact) mass is 288 g/mol. The van der Waals surface area contributed by atoms with Gasteiger partial charge in [-0.15, -0.1) is 0 Å². The molecule has 0 amide bonds. The van der Waals surface area contributed by atoms with E-state index in [0.717, 1.165) is 35.5 Å². The quantitative estimate of drug-likeness (QED) is 0.588. The lowest BCUT2D eigenvalue weighted by Gasteiger charge is -2.30. The van der Waals surface area contributed by atoms with Gasteiger partial charge in [0.15, 0.2) is 0 Å². The molecule has 0 unspecified atom stereocenters. The standard InChI is InChI=1S/C16H24N4O/c1-10(2)20-6-5-14(19-3)12(9-17)11-7-13(18)16(21-4)8-15(11)20/h7-10,17,19H,5-6,18H2,1-4H3. The molecule has 1 aliphatic heterocycles. The van der Waals surface area contributed by atoms with Crippen molar-refractivity contribution < 1.29 is 4.74 Å². The summed E-state index contributed by atoms with van der Waals surface area (Å²) in [5.41, 5.74) is 10.7. The first-order valence-corrected chi connectivity index (χ1v) is 7.19. The van der Waals surface area contributed by atoms with Gasteiger partial charge in [0, 0.05) is 60.9 Å². The van der Waals surface area contributed by atoms with Crippen LogP contribution in [0, 0.1) is 5.41 Å². The number of nitrogens with two attached hydrogens (primary N) is 1. The maximum Gasteiger partial charge on any atom is 0.143 e. The molecule has 5 heteroatoms. The number of allylic oxidation sites excluding steroid dienone is 1. The van der Waals surface area contributed by atoms with E-state index in [4.69, 9.17) is 15.9 Å². The van der Waals surface area contributed by atoms with E-state index in [2.05, 4.69) is 24.1 Å². The van der Waals surface area contributed by atoms with E-state index in [1.165, 1.54) is 6.21 Å². The predicted octanol–water partition coefficient (Wildman–Crippen LogP) is 2.48. The largest absolute Gasteiger partial charge is 0.495 e. The number of fused-ring (bicyclic) bond motifs is 1. The Kier molecular flexibility index (Phi) is 4.40. The van der Waals surface area contributed by atoms with E-state index in [-0.39, 0.29) is 0 Å². The number of nitrogens with zero attached hydrogens (tertiary/aromatic N) is 1. The van der Waals surface area contributed by atoms with E-state index in [1.54, 1.807) is 7.11 Å². The first-order valence-electron chi connectivity index (χ1n) is 7.19. The van der Waals surface area contributed by atoms with Gasteiger partial charge in [0.05, 0.1) is 12.8 Å². The van der Waals surface area contributed by atoms with Gasteiger partial charge in [-0.05, 0) is 19.9 Å². The van der Waals surface area contributed by atoms with Gasteiger partial charge >= 0.3 is 0 Å². The van der Waals surface area contributed by atoms with Gasteiger partial charge in [0.2, 0.25) is 0 Å². The zero-order valence-electron chi connectivity index (χ0n) is 13.2. The highest BCUT2D eigenvalue weighted by atomic mass is 16.5.